The van der Waals surface area contributed by atoms with Crippen LogP contribution in [0.5, 0.6) is 0 Å². The molecule has 162 valence electrons. The maximum atomic E-state index is 14.2. The predicted octanol–water partition coefficient (Wildman–Crippen LogP) is 2.57. The molecular formula is C23H25FN4O3. The number of H-pyrrole nitrogens is 1. The summed E-state index contributed by atoms with van der Waals surface area (Å²) in [6.45, 7) is 1.33. The van der Waals surface area contributed by atoms with Crippen molar-refractivity contribution in [2.24, 2.45) is 5.92 Å². The van der Waals surface area contributed by atoms with Gasteiger partial charge in [-0.05, 0) is 44.2 Å². The number of nitrogens with one attached hydrogen (secondary N) is 1. The Morgan fingerprint density at radius 2 is 1.90 bits per heavy atom. The van der Waals surface area contributed by atoms with Crippen molar-refractivity contribution >= 4 is 11.8 Å². The minimum absolute atomic E-state index is 0.0314. The maximum absolute atomic E-state index is 14.2. The van der Waals surface area contributed by atoms with Crippen LogP contribution in [0.15, 0.2) is 29.1 Å². The van der Waals surface area contributed by atoms with Crippen LogP contribution in [0.25, 0.3) is 0 Å². The zero-order chi connectivity index (χ0) is 21.5. The monoisotopic (exact) mass is 424 g/mol. The number of benzene rings is 1. The zero-order valence-corrected chi connectivity index (χ0v) is 17.3. The number of likely N-dealkylation sites (tertiary alicyclic amines) is 1. The van der Waals surface area contributed by atoms with E-state index in [1.54, 1.807) is 21.9 Å². The van der Waals surface area contributed by atoms with Gasteiger partial charge < -0.3 is 14.8 Å². The molecule has 31 heavy (non-hydrogen) atoms. The predicted molar refractivity (Wildman–Crippen MR) is 111 cm³/mol. The molecule has 0 bridgehead atoms. The van der Waals surface area contributed by atoms with Gasteiger partial charge in [-0.2, -0.15) is 0 Å². The van der Waals surface area contributed by atoms with E-state index in [0.29, 0.717) is 43.0 Å². The van der Waals surface area contributed by atoms with Crippen LogP contribution >= 0.6 is 0 Å². The van der Waals surface area contributed by atoms with Gasteiger partial charge in [0.05, 0.1) is 29.4 Å². The number of carbonyl (C=O) groups excluding carboxylic acids is 2. The van der Waals surface area contributed by atoms with Gasteiger partial charge in [0.2, 0.25) is 5.91 Å². The van der Waals surface area contributed by atoms with E-state index in [9.17, 15) is 18.8 Å². The molecule has 0 spiro atoms. The Morgan fingerprint density at radius 1 is 1.10 bits per heavy atom. The van der Waals surface area contributed by atoms with Gasteiger partial charge in [0.25, 0.3) is 11.5 Å². The molecule has 1 N–H and O–H groups in total. The van der Waals surface area contributed by atoms with Gasteiger partial charge in [-0.25, -0.2) is 9.37 Å². The van der Waals surface area contributed by atoms with Crippen molar-refractivity contribution in [2.45, 2.75) is 51.1 Å². The van der Waals surface area contributed by atoms with Crippen molar-refractivity contribution in [1.82, 2.24) is 19.8 Å². The number of hydrogen-bond acceptors (Lipinski definition) is 4. The highest BCUT2D eigenvalue weighted by molar-refractivity contribution is 5.94. The number of amides is 2. The first-order chi connectivity index (χ1) is 15.0. The number of carbonyl (C=O) groups is 2. The first kappa shape index (κ1) is 19.9. The van der Waals surface area contributed by atoms with Crippen molar-refractivity contribution < 1.29 is 14.0 Å². The van der Waals surface area contributed by atoms with Gasteiger partial charge in [-0.15, -0.1) is 0 Å². The summed E-state index contributed by atoms with van der Waals surface area (Å²) < 4.78 is 14.2. The van der Waals surface area contributed by atoms with Crippen LogP contribution in [0.3, 0.4) is 0 Å². The van der Waals surface area contributed by atoms with E-state index >= 15 is 0 Å². The van der Waals surface area contributed by atoms with Gasteiger partial charge in [0, 0.05) is 25.4 Å². The van der Waals surface area contributed by atoms with Gasteiger partial charge in [-0.1, -0.05) is 12.1 Å². The second-order valence-electron chi connectivity index (χ2n) is 8.65. The summed E-state index contributed by atoms with van der Waals surface area (Å²) >= 11 is 0. The first-order valence-corrected chi connectivity index (χ1v) is 11.0. The highest BCUT2D eigenvalue weighted by Crippen LogP contribution is 2.33. The van der Waals surface area contributed by atoms with E-state index in [2.05, 4.69) is 4.98 Å². The third-order valence-corrected chi connectivity index (χ3v) is 6.51. The van der Waals surface area contributed by atoms with Crippen LogP contribution in [0, 0.1) is 11.7 Å². The number of hydrogen-bond donors (Lipinski definition) is 1. The van der Waals surface area contributed by atoms with Crippen molar-refractivity contribution in [1.29, 1.82) is 0 Å². The van der Waals surface area contributed by atoms with E-state index < -0.39 is 11.9 Å². The molecule has 3 heterocycles. The number of aromatic nitrogens is 2. The smallest absolute Gasteiger partial charge is 0.257 e. The molecule has 1 saturated carbocycles. The topological polar surface area (TPSA) is 86.4 Å². The molecule has 2 aromatic rings. The molecule has 2 fully saturated rings. The molecule has 1 aromatic carbocycles. The average molecular weight is 424 g/mol. The molecule has 1 aromatic heterocycles. The van der Waals surface area contributed by atoms with Gasteiger partial charge >= 0.3 is 0 Å². The second-order valence-corrected chi connectivity index (χ2v) is 8.65. The molecule has 1 atom stereocenters. The molecule has 7 nitrogen and oxygen atoms in total. The van der Waals surface area contributed by atoms with E-state index in [0.717, 1.165) is 25.7 Å². The molecule has 1 aliphatic carbocycles. The van der Waals surface area contributed by atoms with Crippen LogP contribution in [0.2, 0.25) is 0 Å². The summed E-state index contributed by atoms with van der Waals surface area (Å²) in [5, 5.41) is 0. The lowest BCUT2D eigenvalue weighted by Crippen LogP contribution is -2.43. The highest BCUT2D eigenvalue weighted by atomic mass is 19.1. The minimum Gasteiger partial charge on any atom is -0.337 e. The second kappa shape index (κ2) is 7.90. The van der Waals surface area contributed by atoms with Crippen molar-refractivity contribution in [3.05, 3.63) is 63.1 Å². The van der Waals surface area contributed by atoms with Gasteiger partial charge in [0.1, 0.15) is 11.6 Å². The van der Waals surface area contributed by atoms with Crippen LogP contribution in [0.1, 0.15) is 65.6 Å². The SMILES string of the molecule is O=C(C1CC1)N1CCc2nc([C@@H]3CCCCN3C(=O)c3ccccc3F)[nH]c(=O)c2C1. The quantitative estimate of drug-likeness (QED) is 0.821. The van der Waals surface area contributed by atoms with Crippen molar-refractivity contribution in [3.63, 3.8) is 0 Å². The van der Waals surface area contributed by atoms with Gasteiger partial charge in [-0.3, -0.25) is 14.4 Å². The van der Waals surface area contributed by atoms with E-state index in [4.69, 9.17) is 4.98 Å². The molecule has 0 radical (unpaired) electrons. The average Bonchev–Trinajstić information content (AvgIpc) is 3.64. The van der Waals surface area contributed by atoms with E-state index in [1.807, 2.05) is 0 Å². The number of nitrogens with zero attached hydrogens (tertiary/aromatic N) is 3. The van der Waals surface area contributed by atoms with E-state index in [1.165, 1.54) is 12.1 Å². The summed E-state index contributed by atoms with van der Waals surface area (Å²) in [5.41, 5.74) is 1.01. The van der Waals surface area contributed by atoms with Crippen LogP contribution in [0.4, 0.5) is 4.39 Å². The Kier molecular flexibility index (Phi) is 5.08. The molecule has 8 heteroatoms. The fraction of sp³-hybridized carbons (Fsp3) is 0.478. The molecule has 1 saturated heterocycles. The van der Waals surface area contributed by atoms with Crippen molar-refractivity contribution in [2.75, 3.05) is 13.1 Å². The molecule has 2 aliphatic heterocycles. The highest BCUT2D eigenvalue weighted by Gasteiger charge is 2.36. The first-order valence-electron chi connectivity index (χ1n) is 11.0. The largest absolute Gasteiger partial charge is 0.337 e. The molecular weight excluding hydrogens is 399 g/mol. The maximum Gasteiger partial charge on any atom is 0.257 e. The summed E-state index contributed by atoms with van der Waals surface area (Å²) in [7, 11) is 0. The van der Waals surface area contributed by atoms with Crippen LogP contribution < -0.4 is 5.56 Å². The Labute approximate surface area is 179 Å². The number of fused-ring (bicyclic) bond motifs is 1. The summed E-state index contributed by atoms with van der Waals surface area (Å²) in [6.07, 6.45) is 4.78. The third-order valence-electron chi connectivity index (χ3n) is 6.51. The number of piperidine rings is 1. The lowest BCUT2D eigenvalue weighted by molar-refractivity contribution is -0.133. The van der Waals surface area contributed by atoms with Crippen molar-refractivity contribution in [3.8, 4) is 0 Å². The number of aromatic amines is 1. The number of rotatable bonds is 3. The van der Waals surface area contributed by atoms with Crippen LogP contribution in [-0.2, 0) is 17.8 Å². The Bertz CT molecular complexity index is 1090. The molecule has 2 amide bonds. The van der Waals surface area contributed by atoms with Crippen LogP contribution in [-0.4, -0.2) is 44.7 Å². The lowest BCUT2D eigenvalue weighted by Gasteiger charge is -2.36. The normalized spacial score (nSPS) is 21.0. The fourth-order valence-corrected chi connectivity index (χ4v) is 4.63. The lowest BCUT2D eigenvalue weighted by atomic mass is 9.99. The third kappa shape index (κ3) is 3.75. The fourth-order valence-electron chi connectivity index (χ4n) is 4.63. The standard InChI is InChI=1S/C23H25FN4O3/c24-17-6-2-1-5-15(17)23(31)28-11-4-3-7-19(28)20-25-18-10-12-27(22(30)14-8-9-14)13-16(18)21(29)26-20/h1-2,5-6,14,19H,3-4,7-13H2,(H,25,26,29)/t19-/m0/s1. The minimum atomic E-state index is -0.552. The Balaban J connectivity index is 1.43. The Morgan fingerprint density at radius 3 is 2.68 bits per heavy atom. The molecule has 3 aliphatic rings. The van der Waals surface area contributed by atoms with Gasteiger partial charge in [0.15, 0.2) is 0 Å². The summed E-state index contributed by atoms with van der Waals surface area (Å²) in [5.74, 6) is -0.236. The Hall–Kier alpha value is -3.03. The zero-order valence-electron chi connectivity index (χ0n) is 17.3. The molecule has 5 rings (SSSR count). The summed E-state index contributed by atoms with van der Waals surface area (Å²) in [6, 6.07) is 5.56. The van der Waals surface area contributed by atoms with E-state index in [-0.39, 0.29) is 35.4 Å². The molecule has 0 unspecified atom stereocenters. The number of halogens is 1. The summed E-state index contributed by atoms with van der Waals surface area (Å²) in [4.78, 5) is 49.3.